The molecule has 0 spiro atoms. The molecule has 3 rings (SSSR count). The second kappa shape index (κ2) is 9.13. The Morgan fingerprint density at radius 2 is 2.07 bits per heavy atom. The van der Waals surface area contributed by atoms with Gasteiger partial charge in [-0.05, 0) is 60.9 Å². The molecule has 1 amide bonds. The van der Waals surface area contributed by atoms with E-state index < -0.39 is 5.97 Å². The number of carbonyl (C=O) groups excluding carboxylic acids is 2. The number of thiophene rings is 1. The normalized spacial score (nSPS) is 15.9. The largest absolute Gasteiger partial charge is 0.451 e. The van der Waals surface area contributed by atoms with Crippen LogP contribution in [0.15, 0.2) is 30.3 Å². The first-order chi connectivity index (χ1) is 13.0. The van der Waals surface area contributed by atoms with E-state index in [4.69, 9.17) is 4.74 Å². The fraction of sp³-hybridized carbons (Fsp3) is 0.429. The van der Waals surface area contributed by atoms with Crippen LogP contribution >= 0.6 is 11.3 Å². The van der Waals surface area contributed by atoms with E-state index in [0.29, 0.717) is 23.8 Å². The van der Waals surface area contributed by atoms with Gasteiger partial charge >= 0.3 is 5.97 Å². The zero-order valence-corrected chi connectivity index (χ0v) is 16.2. The molecule has 0 unspecified atom stereocenters. The highest BCUT2D eigenvalue weighted by atomic mass is 32.1. The number of hydrogen-bond acceptors (Lipinski definition) is 4. The number of ether oxygens (including phenoxy) is 1. The highest BCUT2D eigenvalue weighted by Gasteiger charge is 2.22. The summed E-state index contributed by atoms with van der Waals surface area (Å²) in [5, 5.41) is 2.71. The van der Waals surface area contributed by atoms with Gasteiger partial charge in [-0.3, -0.25) is 4.79 Å². The summed E-state index contributed by atoms with van der Waals surface area (Å²) < 4.78 is 18.0. The molecule has 0 radical (unpaired) electrons. The molecule has 4 nitrogen and oxygen atoms in total. The quantitative estimate of drug-likeness (QED) is 0.731. The van der Waals surface area contributed by atoms with Gasteiger partial charge in [0.1, 0.15) is 10.7 Å². The average molecular weight is 389 g/mol. The fourth-order valence-electron chi connectivity index (χ4n) is 3.30. The van der Waals surface area contributed by atoms with Crippen LogP contribution in [0.2, 0.25) is 0 Å². The molecule has 0 aliphatic heterocycles. The first kappa shape index (κ1) is 19.5. The van der Waals surface area contributed by atoms with Crippen LogP contribution < -0.4 is 5.32 Å². The van der Waals surface area contributed by atoms with Gasteiger partial charge in [-0.1, -0.05) is 25.5 Å². The minimum absolute atomic E-state index is 0.282. The highest BCUT2D eigenvalue weighted by Crippen LogP contribution is 2.33. The molecule has 144 valence electrons. The maximum atomic E-state index is 12.8. The number of nitrogens with one attached hydrogen (secondary N) is 1. The summed E-state index contributed by atoms with van der Waals surface area (Å²) in [6.07, 6.45) is 4.98. The summed E-state index contributed by atoms with van der Waals surface area (Å²) in [5.74, 6) is -0.355. The number of aryl methyl sites for hydroxylation is 1. The second-order valence-electron chi connectivity index (χ2n) is 6.88. The van der Waals surface area contributed by atoms with Crippen molar-refractivity contribution in [2.24, 2.45) is 5.92 Å². The van der Waals surface area contributed by atoms with Crippen molar-refractivity contribution in [3.05, 3.63) is 57.0 Å². The van der Waals surface area contributed by atoms with E-state index in [1.54, 1.807) is 12.1 Å². The highest BCUT2D eigenvalue weighted by molar-refractivity contribution is 7.14. The number of amides is 1. The van der Waals surface area contributed by atoms with Crippen LogP contribution in [0.25, 0.3) is 0 Å². The van der Waals surface area contributed by atoms with Crippen LogP contribution in [0.3, 0.4) is 0 Å². The third-order valence-corrected chi connectivity index (χ3v) is 6.16. The lowest BCUT2D eigenvalue weighted by atomic mass is 9.87. The first-order valence-electron chi connectivity index (χ1n) is 9.35. The van der Waals surface area contributed by atoms with Gasteiger partial charge in [0.05, 0.1) is 0 Å². The number of benzene rings is 1. The van der Waals surface area contributed by atoms with E-state index in [2.05, 4.69) is 12.2 Å². The van der Waals surface area contributed by atoms with E-state index in [1.807, 2.05) is 6.07 Å². The van der Waals surface area contributed by atoms with Crippen molar-refractivity contribution < 1.29 is 18.7 Å². The van der Waals surface area contributed by atoms with Crippen LogP contribution in [0.4, 0.5) is 4.39 Å². The molecule has 1 aromatic carbocycles. The van der Waals surface area contributed by atoms with Crippen molar-refractivity contribution in [3.63, 3.8) is 0 Å². The van der Waals surface area contributed by atoms with E-state index in [-0.39, 0.29) is 18.3 Å². The first-order valence-corrected chi connectivity index (χ1v) is 10.2. The molecule has 0 fully saturated rings. The Balaban J connectivity index is 1.41. The van der Waals surface area contributed by atoms with Crippen LogP contribution in [0.1, 0.15) is 45.4 Å². The molecule has 1 aliphatic rings. The minimum Gasteiger partial charge on any atom is -0.451 e. The second-order valence-corrected chi connectivity index (χ2v) is 8.02. The van der Waals surface area contributed by atoms with Gasteiger partial charge in [0, 0.05) is 11.4 Å². The maximum absolute atomic E-state index is 12.8. The molecule has 2 aromatic rings. The Morgan fingerprint density at radius 3 is 2.81 bits per heavy atom. The van der Waals surface area contributed by atoms with Gasteiger partial charge in [-0.25, -0.2) is 9.18 Å². The predicted octanol–water partition coefficient (Wildman–Crippen LogP) is 3.92. The molecule has 1 aliphatic carbocycles. The van der Waals surface area contributed by atoms with Gasteiger partial charge in [0.2, 0.25) is 0 Å². The monoisotopic (exact) mass is 389 g/mol. The standard InChI is InChI=1S/C21H24FNO3S/c1-2-14-5-8-18-16(11-14)12-19(27-18)21(25)26-13-20(24)23-10-9-15-3-6-17(22)7-4-15/h3-4,6-7,12,14H,2,5,8-11,13H2,1H3,(H,23,24)/t14-/m0/s1. The zero-order valence-electron chi connectivity index (χ0n) is 15.4. The Bertz CT molecular complexity index is 800. The number of halogens is 1. The topological polar surface area (TPSA) is 55.4 Å². The molecule has 1 aromatic heterocycles. The molecule has 1 N–H and O–H groups in total. The van der Waals surface area contributed by atoms with E-state index in [0.717, 1.165) is 24.8 Å². The van der Waals surface area contributed by atoms with Crippen molar-refractivity contribution >= 4 is 23.2 Å². The predicted molar refractivity (Wildman–Crippen MR) is 104 cm³/mol. The Kier molecular flexibility index (Phi) is 6.61. The van der Waals surface area contributed by atoms with Gasteiger partial charge < -0.3 is 10.1 Å². The van der Waals surface area contributed by atoms with Gasteiger partial charge in [0.25, 0.3) is 5.91 Å². The molecule has 0 saturated carbocycles. The van der Waals surface area contributed by atoms with E-state index in [1.165, 1.54) is 40.3 Å². The van der Waals surface area contributed by atoms with Gasteiger partial charge in [0.15, 0.2) is 6.61 Å². The minimum atomic E-state index is -0.434. The summed E-state index contributed by atoms with van der Waals surface area (Å²) in [6, 6.07) is 8.08. The zero-order chi connectivity index (χ0) is 19.2. The third kappa shape index (κ3) is 5.39. The smallest absolute Gasteiger partial charge is 0.348 e. The molecule has 0 bridgehead atoms. The van der Waals surface area contributed by atoms with Crippen molar-refractivity contribution in [2.75, 3.05) is 13.2 Å². The lowest BCUT2D eigenvalue weighted by molar-refractivity contribution is -0.124. The van der Waals surface area contributed by atoms with Crippen LogP contribution in [0.5, 0.6) is 0 Å². The molecular formula is C21H24FNO3S. The van der Waals surface area contributed by atoms with Crippen molar-refractivity contribution in [1.82, 2.24) is 5.32 Å². The van der Waals surface area contributed by atoms with E-state index in [9.17, 15) is 14.0 Å². The SMILES string of the molecule is CC[C@H]1CCc2sc(C(=O)OCC(=O)NCCc3ccc(F)cc3)cc2C1. The number of hydrogen-bond donors (Lipinski definition) is 1. The Labute approximate surface area is 162 Å². The van der Waals surface area contributed by atoms with Gasteiger partial charge in [-0.2, -0.15) is 0 Å². The van der Waals surface area contributed by atoms with Crippen molar-refractivity contribution in [3.8, 4) is 0 Å². The van der Waals surface area contributed by atoms with Crippen LogP contribution in [-0.2, 0) is 28.8 Å². The number of carbonyl (C=O) groups is 2. The summed E-state index contributed by atoms with van der Waals surface area (Å²) >= 11 is 1.49. The molecule has 0 saturated heterocycles. The van der Waals surface area contributed by atoms with Gasteiger partial charge in [-0.15, -0.1) is 11.3 Å². The summed E-state index contributed by atoms with van der Waals surface area (Å²) in [5.41, 5.74) is 2.19. The van der Waals surface area contributed by atoms with Crippen molar-refractivity contribution in [2.45, 2.75) is 39.0 Å². The molecule has 27 heavy (non-hydrogen) atoms. The third-order valence-electron chi connectivity index (χ3n) is 4.95. The molecule has 1 atom stereocenters. The average Bonchev–Trinajstić information content (AvgIpc) is 3.11. The molecule has 6 heteroatoms. The lowest BCUT2D eigenvalue weighted by Crippen LogP contribution is -2.30. The number of rotatable bonds is 7. The Hall–Kier alpha value is -2.21. The molecular weight excluding hydrogens is 365 g/mol. The number of esters is 1. The van der Waals surface area contributed by atoms with Crippen molar-refractivity contribution in [1.29, 1.82) is 0 Å². The van der Waals surface area contributed by atoms with E-state index >= 15 is 0 Å². The van der Waals surface area contributed by atoms with Crippen LogP contribution in [-0.4, -0.2) is 25.0 Å². The lowest BCUT2D eigenvalue weighted by Gasteiger charge is -2.19. The maximum Gasteiger partial charge on any atom is 0.348 e. The number of fused-ring (bicyclic) bond motifs is 1. The molecule has 1 heterocycles. The Morgan fingerprint density at radius 1 is 1.30 bits per heavy atom. The summed E-state index contributed by atoms with van der Waals surface area (Å²) in [6.45, 7) is 2.32. The fourth-order valence-corrected chi connectivity index (χ4v) is 4.40. The summed E-state index contributed by atoms with van der Waals surface area (Å²) in [4.78, 5) is 25.9. The van der Waals surface area contributed by atoms with Crippen LogP contribution in [0, 0.1) is 11.7 Å². The summed E-state index contributed by atoms with van der Waals surface area (Å²) in [7, 11) is 0.